The van der Waals surface area contributed by atoms with Crippen molar-refractivity contribution in [3.63, 3.8) is 0 Å². The molecule has 1 atom stereocenters. The van der Waals surface area contributed by atoms with Gasteiger partial charge in [0.2, 0.25) is 11.8 Å². The zero-order valence-corrected chi connectivity index (χ0v) is 17.4. The fourth-order valence-corrected chi connectivity index (χ4v) is 5.30. The summed E-state index contributed by atoms with van der Waals surface area (Å²) in [6, 6.07) is 13.1. The topological polar surface area (TPSA) is 64.2 Å². The summed E-state index contributed by atoms with van der Waals surface area (Å²) >= 11 is 0. The molecule has 0 aliphatic carbocycles. The van der Waals surface area contributed by atoms with Crippen LogP contribution in [0.25, 0.3) is 0 Å². The summed E-state index contributed by atoms with van der Waals surface area (Å²) in [5, 5.41) is 0. The summed E-state index contributed by atoms with van der Waals surface area (Å²) < 4.78 is 14.5. The molecule has 5 rings (SSSR count). The molecule has 0 saturated carbocycles. The predicted molar refractivity (Wildman–Crippen MR) is 113 cm³/mol. The molecule has 2 aromatic rings. The third-order valence-electron chi connectivity index (χ3n) is 6.86. The molecule has 0 radical (unpaired) electrons. The second-order valence-electron chi connectivity index (χ2n) is 8.39. The monoisotopic (exact) mass is 422 g/mol. The smallest absolute Gasteiger partial charge is 0.332 e. The SMILES string of the molecule is CN1C(=O)N(C)C(=O)C2(Cc3ccccc3N3CCN(c4ccccc4F)C[C@H]32)C1=O. The van der Waals surface area contributed by atoms with E-state index < -0.39 is 29.3 Å². The van der Waals surface area contributed by atoms with E-state index in [0.29, 0.717) is 25.3 Å². The maximum atomic E-state index is 14.5. The van der Waals surface area contributed by atoms with E-state index in [4.69, 9.17) is 0 Å². The van der Waals surface area contributed by atoms with Gasteiger partial charge in [-0.15, -0.1) is 0 Å². The molecule has 3 aliphatic rings. The third kappa shape index (κ3) is 2.60. The van der Waals surface area contributed by atoms with Crippen molar-refractivity contribution >= 4 is 29.2 Å². The van der Waals surface area contributed by atoms with Crippen molar-refractivity contribution in [2.75, 3.05) is 43.5 Å². The van der Waals surface area contributed by atoms with Gasteiger partial charge in [-0.2, -0.15) is 0 Å². The van der Waals surface area contributed by atoms with Gasteiger partial charge in [-0.25, -0.2) is 9.18 Å². The predicted octanol–water partition coefficient (Wildman–Crippen LogP) is 2.11. The number of rotatable bonds is 1. The summed E-state index contributed by atoms with van der Waals surface area (Å²) in [4.78, 5) is 45.7. The second-order valence-corrected chi connectivity index (χ2v) is 8.39. The minimum Gasteiger partial charge on any atom is -0.365 e. The van der Waals surface area contributed by atoms with Gasteiger partial charge in [-0.3, -0.25) is 19.4 Å². The standard InChI is InChI=1S/C23H23FN4O3/c1-25-20(29)23(21(30)26(2)22(25)31)13-15-7-3-5-9-17(15)28-12-11-27(14-19(23)28)18-10-6-4-8-16(18)24/h3-10,19H,11-14H2,1-2H3/t19-/m0/s1. The van der Waals surface area contributed by atoms with Crippen molar-refractivity contribution in [3.05, 3.63) is 59.9 Å². The first-order valence-corrected chi connectivity index (χ1v) is 10.3. The van der Waals surface area contributed by atoms with Gasteiger partial charge in [0.05, 0.1) is 11.7 Å². The summed E-state index contributed by atoms with van der Waals surface area (Å²) in [6.07, 6.45) is 0.203. The summed E-state index contributed by atoms with van der Waals surface area (Å²) in [5.74, 6) is -1.34. The quantitative estimate of drug-likeness (QED) is 0.659. The van der Waals surface area contributed by atoms with Crippen LogP contribution in [0.1, 0.15) is 5.56 Å². The molecule has 4 amide bonds. The Labute approximate surface area is 179 Å². The van der Waals surface area contributed by atoms with Crippen LogP contribution in [0.3, 0.4) is 0 Å². The largest absolute Gasteiger partial charge is 0.365 e. The van der Waals surface area contributed by atoms with Gasteiger partial charge in [0.1, 0.15) is 5.82 Å². The third-order valence-corrected chi connectivity index (χ3v) is 6.86. The molecule has 7 nitrogen and oxygen atoms in total. The molecular weight excluding hydrogens is 399 g/mol. The Hall–Kier alpha value is -3.42. The molecule has 2 saturated heterocycles. The Morgan fingerprint density at radius 1 is 0.871 bits per heavy atom. The van der Waals surface area contributed by atoms with E-state index in [2.05, 4.69) is 4.90 Å². The van der Waals surface area contributed by atoms with Gasteiger partial charge in [-0.05, 0) is 30.2 Å². The summed E-state index contributed by atoms with van der Waals surface area (Å²) in [6.45, 7) is 1.37. The molecule has 160 valence electrons. The van der Waals surface area contributed by atoms with Gasteiger partial charge >= 0.3 is 6.03 Å². The van der Waals surface area contributed by atoms with Crippen LogP contribution < -0.4 is 9.80 Å². The maximum absolute atomic E-state index is 14.5. The minimum atomic E-state index is -1.45. The molecule has 2 aromatic carbocycles. The van der Waals surface area contributed by atoms with Crippen molar-refractivity contribution in [1.29, 1.82) is 0 Å². The van der Waals surface area contributed by atoms with Crippen LogP contribution >= 0.6 is 0 Å². The summed E-state index contributed by atoms with van der Waals surface area (Å²) in [5.41, 5.74) is 0.880. The van der Waals surface area contributed by atoms with Crippen LogP contribution in [0.5, 0.6) is 0 Å². The van der Waals surface area contributed by atoms with E-state index in [1.165, 1.54) is 20.2 Å². The Balaban J connectivity index is 1.66. The fraction of sp³-hybridized carbons (Fsp3) is 0.348. The number of benzene rings is 2. The number of para-hydroxylation sites is 2. The average molecular weight is 422 g/mol. The maximum Gasteiger partial charge on any atom is 0.332 e. The van der Waals surface area contributed by atoms with Gasteiger partial charge < -0.3 is 9.80 Å². The lowest BCUT2D eigenvalue weighted by molar-refractivity contribution is -0.159. The van der Waals surface area contributed by atoms with Crippen molar-refractivity contribution in [3.8, 4) is 0 Å². The van der Waals surface area contributed by atoms with Gasteiger partial charge in [0, 0.05) is 39.4 Å². The van der Waals surface area contributed by atoms with E-state index in [-0.39, 0.29) is 12.2 Å². The van der Waals surface area contributed by atoms with Crippen LogP contribution in [0.4, 0.5) is 20.6 Å². The Morgan fingerprint density at radius 3 is 2.16 bits per heavy atom. The number of hydrogen-bond acceptors (Lipinski definition) is 5. The van der Waals surface area contributed by atoms with E-state index in [1.54, 1.807) is 18.2 Å². The highest BCUT2D eigenvalue weighted by atomic mass is 19.1. The lowest BCUT2D eigenvalue weighted by Gasteiger charge is -2.56. The van der Waals surface area contributed by atoms with Crippen LogP contribution in [-0.2, 0) is 16.0 Å². The normalized spacial score (nSPS) is 22.7. The highest BCUT2D eigenvalue weighted by Crippen LogP contribution is 2.47. The van der Waals surface area contributed by atoms with Gasteiger partial charge in [0.15, 0.2) is 5.41 Å². The van der Waals surface area contributed by atoms with Crippen molar-refractivity contribution in [2.45, 2.75) is 12.5 Å². The number of carbonyl (C=O) groups is 3. The second kappa shape index (κ2) is 6.80. The number of piperazine rings is 1. The molecule has 0 bridgehead atoms. The molecule has 0 unspecified atom stereocenters. The molecule has 31 heavy (non-hydrogen) atoms. The first-order valence-electron chi connectivity index (χ1n) is 10.3. The van der Waals surface area contributed by atoms with E-state index in [9.17, 15) is 18.8 Å². The average Bonchev–Trinajstić information content (AvgIpc) is 2.80. The van der Waals surface area contributed by atoms with Crippen molar-refractivity contribution < 1.29 is 18.8 Å². The van der Waals surface area contributed by atoms with Crippen LogP contribution in [0.15, 0.2) is 48.5 Å². The molecule has 1 spiro atoms. The first-order chi connectivity index (χ1) is 14.9. The highest BCUT2D eigenvalue weighted by Gasteiger charge is 2.63. The van der Waals surface area contributed by atoms with Gasteiger partial charge in [0.25, 0.3) is 0 Å². The van der Waals surface area contributed by atoms with E-state index >= 15 is 0 Å². The Morgan fingerprint density at radius 2 is 1.48 bits per heavy atom. The molecule has 8 heteroatoms. The van der Waals surface area contributed by atoms with Gasteiger partial charge in [-0.1, -0.05) is 30.3 Å². The molecule has 0 aromatic heterocycles. The number of barbiturate groups is 1. The van der Waals surface area contributed by atoms with E-state index in [1.807, 2.05) is 29.2 Å². The molecule has 0 N–H and O–H groups in total. The number of anilines is 2. The Kier molecular flexibility index (Phi) is 4.28. The first kappa shape index (κ1) is 19.5. The zero-order valence-electron chi connectivity index (χ0n) is 17.4. The van der Waals surface area contributed by atoms with Crippen molar-refractivity contribution in [1.82, 2.24) is 9.80 Å². The lowest BCUT2D eigenvalue weighted by Crippen LogP contribution is -2.74. The van der Waals surface area contributed by atoms with Crippen LogP contribution in [0, 0.1) is 11.2 Å². The number of amides is 4. The zero-order chi connectivity index (χ0) is 21.9. The fourth-order valence-electron chi connectivity index (χ4n) is 5.30. The Bertz CT molecular complexity index is 1080. The number of nitrogens with zero attached hydrogens (tertiary/aromatic N) is 4. The number of imide groups is 2. The molecule has 3 heterocycles. The lowest BCUT2D eigenvalue weighted by atomic mass is 9.67. The minimum absolute atomic E-state index is 0.203. The number of halogens is 1. The number of fused-ring (bicyclic) bond motifs is 4. The molecule has 3 aliphatic heterocycles. The number of carbonyl (C=O) groups excluding carboxylic acids is 3. The number of hydrogen-bond donors (Lipinski definition) is 0. The molecular formula is C23H23FN4O3. The van der Waals surface area contributed by atoms with Crippen LogP contribution in [0.2, 0.25) is 0 Å². The highest BCUT2D eigenvalue weighted by molar-refractivity contribution is 6.20. The van der Waals surface area contributed by atoms with Crippen LogP contribution in [-0.4, -0.2) is 67.4 Å². The number of urea groups is 1. The summed E-state index contributed by atoms with van der Waals surface area (Å²) in [7, 11) is 2.83. The molecule has 2 fully saturated rings. The van der Waals surface area contributed by atoms with E-state index in [0.717, 1.165) is 21.1 Å². The van der Waals surface area contributed by atoms with Crippen molar-refractivity contribution in [2.24, 2.45) is 5.41 Å².